The number of benzene rings is 2. The van der Waals surface area contributed by atoms with Crippen molar-refractivity contribution in [3.05, 3.63) is 59.7 Å². The lowest BCUT2D eigenvalue weighted by Gasteiger charge is -2.21. The average molecular weight is 285 g/mol. The van der Waals surface area contributed by atoms with Crippen LogP contribution in [0.1, 0.15) is 37.0 Å². The molecule has 3 nitrogen and oxygen atoms in total. The molecule has 0 aliphatic carbocycles. The first kappa shape index (κ1) is 15.4. The molecule has 112 valence electrons. The van der Waals surface area contributed by atoms with E-state index in [1.54, 1.807) is 7.11 Å². The highest BCUT2D eigenvalue weighted by Gasteiger charge is 2.15. The second-order valence-corrected chi connectivity index (χ2v) is 5.31. The second-order valence-electron chi connectivity index (χ2n) is 5.31. The van der Waals surface area contributed by atoms with Gasteiger partial charge in [-0.3, -0.25) is 0 Å². The maximum atomic E-state index is 6.15. The zero-order valence-corrected chi connectivity index (χ0v) is 12.9. The Morgan fingerprint density at radius 2 is 1.67 bits per heavy atom. The Bertz CT molecular complexity index is 564. The average Bonchev–Trinajstić information content (AvgIpc) is 2.53. The summed E-state index contributed by atoms with van der Waals surface area (Å²) in [7, 11) is 1.66. The predicted molar refractivity (Wildman–Crippen MR) is 85.9 cm³/mol. The lowest BCUT2D eigenvalue weighted by molar-refractivity contribution is 0.211. The Labute approximate surface area is 126 Å². The van der Waals surface area contributed by atoms with Gasteiger partial charge in [0, 0.05) is 6.54 Å². The Morgan fingerprint density at radius 1 is 1.00 bits per heavy atom. The molecule has 2 rings (SSSR count). The molecule has 0 saturated carbocycles. The van der Waals surface area contributed by atoms with Crippen LogP contribution in [0.4, 0.5) is 0 Å². The minimum Gasteiger partial charge on any atom is -0.497 e. The van der Waals surface area contributed by atoms with Crippen molar-refractivity contribution >= 4 is 0 Å². The van der Waals surface area contributed by atoms with E-state index in [1.165, 1.54) is 5.56 Å². The van der Waals surface area contributed by atoms with Gasteiger partial charge in [-0.25, -0.2) is 0 Å². The number of ether oxygens (including phenoxy) is 2. The molecule has 1 atom stereocenters. The number of hydrogen-bond donors (Lipinski definition) is 1. The lowest BCUT2D eigenvalue weighted by atomic mass is 10.0. The molecule has 0 aromatic heterocycles. The fourth-order valence-corrected chi connectivity index (χ4v) is 2.29. The predicted octanol–water partition coefficient (Wildman–Crippen LogP) is 3.90. The van der Waals surface area contributed by atoms with E-state index in [0.29, 0.717) is 12.5 Å². The molecule has 21 heavy (non-hydrogen) atoms. The van der Waals surface area contributed by atoms with Crippen LogP contribution in [0.15, 0.2) is 48.5 Å². The molecule has 0 aliphatic heterocycles. The van der Waals surface area contributed by atoms with Gasteiger partial charge in [0.1, 0.15) is 17.6 Å². The SMILES string of the molecule is COc1ccc(C(CN)Oc2ccccc2C(C)C)cc1. The molecule has 3 heteroatoms. The van der Waals surface area contributed by atoms with Crippen molar-refractivity contribution in [1.82, 2.24) is 0 Å². The van der Waals surface area contributed by atoms with Crippen molar-refractivity contribution < 1.29 is 9.47 Å². The summed E-state index contributed by atoms with van der Waals surface area (Å²) in [6.07, 6.45) is -0.157. The van der Waals surface area contributed by atoms with Gasteiger partial charge in [0.25, 0.3) is 0 Å². The van der Waals surface area contributed by atoms with E-state index in [-0.39, 0.29) is 6.10 Å². The lowest BCUT2D eigenvalue weighted by Crippen LogP contribution is -2.19. The first-order chi connectivity index (χ1) is 10.2. The Hall–Kier alpha value is -2.00. The highest BCUT2D eigenvalue weighted by Crippen LogP contribution is 2.30. The number of para-hydroxylation sites is 1. The van der Waals surface area contributed by atoms with E-state index in [4.69, 9.17) is 15.2 Å². The molecule has 0 amide bonds. The third-order valence-corrected chi connectivity index (χ3v) is 3.51. The van der Waals surface area contributed by atoms with E-state index >= 15 is 0 Å². The summed E-state index contributed by atoms with van der Waals surface area (Å²) in [6, 6.07) is 16.0. The zero-order valence-electron chi connectivity index (χ0n) is 12.9. The first-order valence-electron chi connectivity index (χ1n) is 7.25. The number of rotatable bonds is 6. The van der Waals surface area contributed by atoms with Crippen LogP contribution in [0, 0.1) is 0 Å². The van der Waals surface area contributed by atoms with Gasteiger partial charge in [-0.2, -0.15) is 0 Å². The Morgan fingerprint density at radius 3 is 2.24 bits per heavy atom. The standard InChI is InChI=1S/C18H23NO2/c1-13(2)16-6-4-5-7-17(16)21-18(12-19)14-8-10-15(20-3)11-9-14/h4-11,13,18H,12,19H2,1-3H3. The van der Waals surface area contributed by atoms with E-state index in [1.807, 2.05) is 42.5 Å². The summed E-state index contributed by atoms with van der Waals surface area (Å²) in [5, 5.41) is 0. The van der Waals surface area contributed by atoms with Crippen molar-refractivity contribution in [2.45, 2.75) is 25.9 Å². The van der Waals surface area contributed by atoms with Gasteiger partial charge < -0.3 is 15.2 Å². The van der Waals surface area contributed by atoms with Crippen LogP contribution in [-0.2, 0) is 0 Å². The molecule has 0 saturated heterocycles. The highest BCUT2D eigenvalue weighted by atomic mass is 16.5. The van der Waals surface area contributed by atoms with Crippen LogP contribution >= 0.6 is 0 Å². The fraction of sp³-hybridized carbons (Fsp3) is 0.333. The largest absolute Gasteiger partial charge is 0.497 e. The van der Waals surface area contributed by atoms with Crippen LogP contribution in [0.2, 0.25) is 0 Å². The minimum atomic E-state index is -0.157. The molecule has 0 bridgehead atoms. The topological polar surface area (TPSA) is 44.5 Å². The van der Waals surface area contributed by atoms with Crippen molar-refractivity contribution in [1.29, 1.82) is 0 Å². The van der Waals surface area contributed by atoms with Crippen LogP contribution < -0.4 is 15.2 Å². The van der Waals surface area contributed by atoms with Crippen LogP contribution in [-0.4, -0.2) is 13.7 Å². The molecule has 0 aliphatic rings. The van der Waals surface area contributed by atoms with Gasteiger partial charge in [0.15, 0.2) is 0 Å². The first-order valence-corrected chi connectivity index (χ1v) is 7.25. The zero-order chi connectivity index (χ0) is 15.2. The van der Waals surface area contributed by atoms with E-state index in [0.717, 1.165) is 17.1 Å². The van der Waals surface area contributed by atoms with Gasteiger partial charge in [-0.05, 0) is 35.2 Å². The normalized spacial score (nSPS) is 12.2. The second kappa shape index (κ2) is 7.14. The molecule has 0 radical (unpaired) electrons. The van der Waals surface area contributed by atoms with E-state index < -0.39 is 0 Å². The van der Waals surface area contributed by atoms with Crippen molar-refractivity contribution in [2.75, 3.05) is 13.7 Å². The summed E-state index contributed by atoms with van der Waals surface area (Å²) >= 11 is 0. The van der Waals surface area contributed by atoms with Gasteiger partial charge in [-0.15, -0.1) is 0 Å². The maximum Gasteiger partial charge on any atom is 0.136 e. The number of nitrogens with two attached hydrogens (primary N) is 1. The summed E-state index contributed by atoms with van der Waals surface area (Å²) in [4.78, 5) is 0. The Kier molecular flexibility index (Phi) is 5.23. The van der Waals surface area contributed by atoms with Crippen LogP contribution in [0.5, 0.6) is 11.5 Å². The summed E-state index contributed by atoms with van der Waals surface area (Å²) in [6.45, 7) is 4.75. The van der Waals surface area contributed by atoms with Gasteiger partial charge in [-0.1, -0.05) is 44.2 Å². The van der Waals surface area contributed by atoms with Crippen molar-refractivity contribution in [3.63, 3.8) is 0 Å². The Balaban J connectivity index is 2.22. The molecule has 0 fully saturated rings. The molecule has 2 aromatic rings. The van der Waals surface area contributed by atoms with E-state index in [9.17, 15) is 0 Å². The van der Waals surface area contributed by atoms with Gasteiger partial charge in [0.2, 0.25) is 0 Å². The molecule has 0 heterocycles. The van der Waals surface area contributed by atoms with E-state index in [2.05, 4.69) is 19.9 Å². The monoisotopic (exact) mass is 285 g/mol. The quantitative estimate of drug-likeness (QED) is 0.875. The fourth-order valence-electron chi connectivity index (χ4n) is 2.29. The van der Waals surface area contributed by atoms with Gasteiger partial charge in [0.05, 0.1) is 7.11 Å². The maximum absolute atomic E-state index is 6.15. The van der Waals surface area contributed by atoms with Gasteiger partial charge >= 0.3 is 0 Å². The highest BCUT2D eigenvalue weighted by molar-refractivity contribution is 5.37. The van der Waals surface area contributed by atoms with Crippen LogP contribution in [0.3, 0.4) is 0 Å². The molecule has 2 N–H and O–H groups in total. The van der Waals surface area contributed by atoms with Crippen LogP contribution in [0.25, 0.3) is 0 Å². The third-order valence-electron chi connectivity index (χ3n) is 3.51. The molecular weight excluding hydrogens is 262 g/mol. The third kappa shape index (κ3) is 3.76. The summed E-state index contributed by atoms with van der Waals surface area (Å²) in [5.74, 6) is 2.14. The molecule has 1 unspecified atom stereocenters. The smallest absolute Gasteiger partial charge is 0.136 e. The molecular formula is C18H23NO2. The molecule has 2 aromatic carbocycles. The number of hydrogen-bond acceptors (Lipinski definition) is 3. The van der Waals surface area contributed by atoms with Crippen molar-refractivity contribution in [2.24, 2.45) is 5.73 Å². The summed E-state index contributed by atoms with van der Waals surface area (Å²) in [5.41, 5.74) is 8.14. The van der Waals surface area contributed by atoms with Crippen molar-refractivity contribution in [3.8, 4) is 11.5 Å². The molecule has 0 spiro atoms. The summed E-state index contributed by atoms with van der Waals surface area (Å²) < 4.78 is 11.3. The minimum absolute atomic E-state index is 0.157. The number of methoxy groups -OCH3 is 1.